The van der Waals surface area contributed by atoms with E-state index in [-0.39, 0.29) is 0 Å². The maximum atomic E-state index is 10.9. The first-order valence-corrected chi connectivity index (χ1v) is 4.55. The molecule has 1 aromatic heterocycles. The van der Waals surface area contributed by atoms with Gasteiger partial charge in [-0.2, -0.15) is 0 Å². The summed E-state index contributed by atoms with van der Waals surface area (Å²) in [6.45, 7) is 1.94. The number of ether oxygens (including phenoxy) is 1. The van der Waals surface area contributed by atoms with Crippen LogP contribution in [0.3, 0.4) is 0 Å². The zero-order valence-electron chi connectivity index (χ0n) is 8.00. The second kappa shape index (κ2) is 4.81. The number of aryl methyl sites for hydroxylation is 1. The molecule has 0 aliphatic heterocycles. The number of carbonyl (C=O) groups excluding carboxylic acids is 1. The van der Waals surface area contributed by atoms with Crippen molar-refractivity contribution in [2.75, 3.05) is 12.4 Å². The van der Waals surface area contributed by atoms with Gasteiger partial charge in [0.15, 0.2) is 0 Å². The lowest BCUT2D eigenvalue weighted by Crippen LogP contribution is -2.11. The van der Waals surface area contributed by atoms with Crippen molar-refractivity contribution in [3.8, 4) is 0 Å². The third kappa shape index (κ3) is 2.35. The molecule has 0 bridgehead atoms. The van der Waals surface area contributed by atoms with Crippen molar-refractivity contribution in [3.05, 3.63) is 23.0 Å². The standard InChI is InChI=1S/C9H11ClN2O2/c1-3-6-8(10)7(4-5-11-6)12-9(13)14-2/h4-5H,3H2,1-2H3,(H,11,12,13). The van der Waals surface area contributed by atoms with E-state index in [2.05, 4.69) is 15.0 Å². The molecule has 5 heteroatoms. The molecule has 1 aromatic rings. The Morgan fingerprint density at radius 1 is 1.71 bits per heavy atom. The van der Waals surface area contributed by atoms with Crippen LogP contribution in [0.5, 0.6) is 0 Å². The number of nitrogens with zero attached hydrogens (tertiary/aromatic N) is 1. The van der Waals surface area contributed by atoms with Gasteiger partial charge in [0, 0.05) is 6.20 Å². The summed E-state index contributed by atoms with van der Waals surface area (Å²) in [7, 11) is 1.30. The molecule has 0 spiro atoms. The van der Waals surface area contributed by atoms with Gasteiger partial charge in [-0.25, -0.2) is 4.79 Å². The van der Waals surface area contributed by atoms with Crippen molar-refractivity contribution < 1.29 is 9.53 Å². The number of carbonyl (C=O) groups is 1. The number of pyridine rings is 1. The van der Waals surface area contributed by atoms with Crippen LogP contribution in [0.4, 0.5) is 10.5 Å². The second-order valence-electron chi connectivity index (χ2n) is 2.59. The van der Waals surface area contributed by atoms with Crippen LogP contribution >= 0.6 is 11.6 Å². The summed E-state index contributed by atoms with van der Waals surface area (Å²) < 4.78 is 4.45. The van der Waals surface area contributed by atoms with Crippen LogP contribution in [0.25, 0.3) is 0 Å². The van der Waals surface area contributed by atoms with E-state index in [1.54, 1.807) is 12.3 Å². The zero-order valence-corrected chi connectivity index (χ0v) is 8.76. The average Bonchev–Trinajstić information content (AvgIpc) is 2.21. The number of nitrogens with one attached hydrogen (secondary N) is 1. The van der Waals surface area contributed by atoms with Crippen molar-refractivity contribution in [3.63, 3.8) is 0 Å². The van der Waals surface area contributed by atoms with Crippen molar-refractivity contribution in [2.45, 2.75) is 13.3 Å². The highest BCUT2D eigenvalue weighted by atomic mass is 35.5. The fourth-order valence-electron chi connectivity index (χ4n) is 0.991. The van der Waals surface area contributed by atoms with Gasteiger partial charge in [0.05, 0.1) is 23.5 Å². The molecule has 0 atom stereocenters. The zero-order chi connectivity index (χ0) is 10.6. The minimum Gasteiger partial charge on any atom is -0.453 e. The number of halogens is 1. The van der Waals surface area contributed by atoms with Gasteiger partial charge < -0.3 is 4.74 Å². The predicted molar refractivity (Wildman–Crippen MR) is 54.7 cm³/mol. The Morgan fingerprint density at radius 2 is 2.43 bits per heavy atom. The molecule has 1 heterocycles. The molecule has 4 nitrogen and oxygen atoms in total. The summed E-state index contributed by atoms with van der Waals surface area (Å²) in [6.07, 6.45) is 1.77. The first-order chi connectivity index (χ1) is 6.69. The third-order valence-electron chi connectivity index (χ3n) is 1.72. The highest BCUT2D eigenvalue weighted by Crippen LogP contribution is 2.24. The van der Waals surface area contributed by atoms with E-state index >= 15 is 0 Å². The Morgan fingerprint density at radius 3 is 3.00 bits per heavy atom. The number of amides is 1. The van der Waals surface area contributed by atoms with Gasteiger partial charge in [0.1, 0.15) is 0 Å². The summed E-state index contributed by atoms with van der Waals surface area (Å²) in [5, 5.41) is 2.96. The second-order valence-corrected chi connectivity index (χ2v) is 2.97. The fraction of sp³-hybridized carbons (Fsp3) is 0.333. The van der Waals surface area contributed by atoms with Gasteiger partial charge >= 0.3 is 6.09 Å². The van der Waals surface area contributed by atoms with E-state index in [0.29, 0.717) is 10.7 Å². The lowest BCUT2D eigenvalue weighted by atomic mass is 10.2. The lowest BCUT2D eigenvalue weighted by molar-refractivity contribution is 0.187. The van der Waals surface area contributed by atoms with Crippen LogP contribution < -0.4 is 5.32 Å². The summed E-state index contributed by atoms with van der Waals surface area (Å²) in [4.78, 5) is 15.0. The number of hydrogen-bond acceptors (Lipinski definition) is 3. The molecule has 0 fully saturated rings. The summed E-state index contributed by atoms with van der Waals surface area (Å²) in [5.74, 6) is 0. The van der Waals surface area contributed by atoms with E-state index in [4.69, 9.17) is 11.6 Å². The Labute approximate surface area is 87.2 Å². The van der Waals surface area contributed by atoms with Crippen LogP contribution in [0.2, 0.25) is 5.02 Å². The minimum absolute atomic E-state index is 0.459. The van der Waals surface area contributed by atoms with Crippen molar-refractivity contribution in [1.82, 2.24) is 4.98 Å². The molecule has 0 radical (unpaired) electrons. The monoisotopic (exact) mass is 214 g/mol. The topological polar surface area (TPSA) is 51.2 Å². The fourth-order valence-corrected chi connectivity index (χ4v) is 1.28. The van der Waals surface area contributed by atoms with Crippen LogP contribution in [0.15, 0.2) is 12.3 Å². The van der Waals surface area contributed by atoms with Crippen LogP contribution in [0.1, 0.15) is 12.6 Å². The normalized spacial score (nSPS) is 9.64. The molecule has 76 valence electrons. The van der Waals surface area contributed by atoms with Gasteiger partial charge in [0.25, 0.3) is 0 Å². The molecule has 14 heavy (non-hydrogen) atoms. The van der Waals surface area contributed by atoms with Gasteiger partial charge in [0.2, 0.25) is 0 Å². The first kappa shape index (κ1) is 10.8. The van der Waals surface area contributed by atoms with Crippen molar-refractivity contribution in [2.24, 2.45) is 0 Å². The summed E-state index contributed by atoms with van der Waals surface area (Å²) in [5.41, 5.74) is 1.27. The SMILES string of the molecule is CCc1nccc(NC(=O)OC)c1Cl. The maximum absolute atomic E-state index is 10.9. The van der Waals surface area contributed by atoms with Crippen molar-refractivity contribution in [1.29, 1.82) is 0 Å². The molecule has 0 saturated heterocycles. The van der Waals surface area contributed by atoms with E-state index < -0.39 is 6.09 Å². The Bertz CT molecular complexity index is 342. The maximum Gasteiger partial charge on any atom is 0.411 e. The molecule has 0 aliphatic rings. The first-order valence-electron chi connectivity index (χ1n) is 4.17. The molecule has 1 N–H and O–H groups in total. The van der Waals surface area contributed by atoms with Gasteiger partial charge in [-0.1, -0.05) is 18.5 Å². The predicted octanol–water partition coefficient (Wildman–Crippen LogP) is 2.48. The number of rotatable bonds is 2. The van der Waals surface area contributed by atoms with Crippen LogP contribution in [-0.2, 0) is 11.2 Å². The van der Waals surface area contributed by atoms with Crippen LogP contribution in [-0.4, -0.2) is 18.2 Å². The third-order valence-corrected chi connectivity index (χ3v) is 2.14. The molecule has 0 aromatic carbocycles. The Balaban J connectivity index is 2.92. The highest BCUT2D eigenvalue weighted by Gasteiger charge is 2.08. The summed E-state index contributed by atoms with van der Waals surface area (Å²) >= 11 is 5.98. The Hall–Kier alpha value is -1.29. The Kier molecular flexibility index (Phi) is 3.71. The number of anilines is 1. The molecular formula is C9H11ClN2O2. The quantitative estimate of drug-likeness (QED) is 0.823. The molecule has 1 amide bonds. The van der Waals surface area contributed by atoms with Crippen LogP contribution in [0, 0.1) is 0 Å². The van der Waals surface area contributed by atoms with E-state index in [1.807, 2.05) is 6.92 Å². The minimum atomic E-state index is -0.542. The van der Waals surface area contributed by atoms with Gasteiger partial charge in [-0.3, -0.25) is 10.3 Å². The average molecular weight is 215 g/mol. The van der Waals surface area contributed by atoms with E-state index in [1.165, 1.54) is 7.11 Å². The number of hydrogen-bond donors (Lipinski definition) is 1. The molecule has 0 aliphatic carbocycles. The largest absolute Gasteiger partial charge is 0.453 e. The number of aromatic nitrogens is 1. The van der Waals surface area contributed by atoms with Crippen molar-refractivity contribution >= 4 is 23.4 Å². The van der Waals surface area contributed by atoms with E-state index in [0.717, 1.165) is 12.1 Å². The van der Waals surface area contributed by atoms with Gasteiger partial charge in [-0.15, -0.1) is 0 Å². The highest BCUT2D eigenvalue weighted by molar-refractivity contribution is 6.34. The lowest BCUT2D eigenvalue weighted by Gasteiger charge is -2.07. The van der Waals surface area contributed by atoms with Gasteiger partial charge in [-0.05, 0) is 12.5 Å². The molecule has 1 rings (SSSR count). The number of methoxy groups -OCH3 is 1. The molecule has 0 saturated carbocycles. The molecular weight excluding hydrogens is 204 g/mol. The van der Waals surface area contributed by atoms with E-state index in [9.17, 15) is 4.79 Å². The summed E-state index contributed by atoms with van der Waals surface area (Å²) in [6, 6.07) is 1.62. The smallest absolute Gasteiger partial charge is 0.411 e. The molecule has 0 unspecified atom stereocenters.